The van der Waals surface area contributed by atoms with Gasteiger partial charge in [0, 0.05) is 35.4 Å². The molecule has 2 N–H and O–H groups in total. The Bertz CT molecular complexity index is 453. The lowest BCUT2D eigenvalue weighted by atomic mass is 10.1. The lowest BCUT2D eigenvalue weighted by Crippen LogP contribution is -2.29. The molecule has 0 spiro atoms. The zero-order valence-corrected chi connectivity index (χ0v) is 13.0. The minimum Gasteiger partial charge on any atom is -0.396 e. The molecule has 0 unspecified atom stereocenters. The monoisotopic (exact) mass is 280 g/mol. The van der Waals surface area contributed by atoms with Crippen LogP contribution in [0.5, 0.6) is 0 Å². The summed E-state index contributed by atoms with van der Waals surface area (Å²) in [4.78, 5) is 5.99. The van der Waals surface area contributed by atoms with E-state index in [2.05, 4.69) is 50.1 Å². The first-order valence-electron chi connectivity index (χ1n) is 7.03. The molecule has 1 heterocycles. The third kappa shape index (κ3) is 3.44. The molecule has 0 aliphatic heterocycles. The summed E-state index contributed by atoms with van der Waals surface area (Å²) in [6.45, 7) is 8.92. The molecule has 0 bridgehead atoms. The second-order valence-corrected chi connectivity index (χ2v) is 6.78. The van der Waals surface area contributed by atoms with Crippen LogP contribution in [0.25, 0.3) is 0 Å². The lowest BCUT2D eigenvalue weighted by Gasteiger charge is -2.18. The number of aliphatic hydroxyl groups is 1. The largest absolute Gasteiger partial charge is 0.396 e. The van der Waals surface area contributed by atoms with Crippen LogP contribution in [-0.2, 0) is 0 Å². The van der Waals surface area contributed by atoms with E-state index in [1.54, 1.807) is 0 Å². The topological polar surface area (TPSA) is 45.2 Å². The van der Waals surface area contributed by atoms with Crippen molar-refractivity contribution >= 4 is 11.3 Å². The van der Waals surface area contributed by atoms with Gasteiger partial charge in [0.15, 0.2) is 0 Å². The Hall–Kier alpha value is -0.710. The summed E-state index contributed by atoms with van der Waals surface area (Å²) in [5.74, 6) is 0.813. The molecule has 19 heavy (non-hydrogen) atoms. The fourth-order valence-electron chi connectivity index (χ4n) is 2.51. The first-order valence-corrected chi connectivity index (χ1v) is 7.85. The van der Waals surface area contributed by atoms with E-state index in [9.17, 15) is 0 Å². The Morgan fingerprint density at radius 1 is 1.42 bits per heavy atom. The second kappa shape index (κ2) is 6.16. The lowest BCUT2D eigenvalue weighted by molar-refractivity contribution is 0.245. The Labute approximate surface area is 119 Å². The number of hydrogen-bond donors (Lipinski definition) is 2. The molecule has 3 nitrogen and oxygen atoms in total. The molecule has 0 saturated carbocycles. The van der Waals surface area contributed by atoms with Crippen LogP contribution in [0.1, 0.15) is 54.7 Å². The Kier molecular flexibility index (Phi) is 4.76. The second-order valence-electron chi connectivity index (χ2n) is 5.71. The van der Waals surface area contributed by atoms with E-state index in [4.69, 9.17) is 5.11 Å². The van der Waals surface area contributed by atoms with Crippen molar-refractivity contribution in [2.45, 2.75) is 52.1 Å². The fraction of sp³-hybridized carbons (Fsp3) is 0.667. The summed E-state index contributed by atoms with van der Waals surface area (Å²) in [6, 6.07) is 0.688. The average molecular weight is 280 g/mol. The highest BCUT2D eigenvalue weighted by molar-refractivity contribution is 7.11. The van der Waals surface area contributed by atoms with E-state index in [1.165, 1.54) is 9.88 Å². The summed E-state index contributed by atoms with van der Waals surface area (Å²) in [5, 5.41) is 14.0. The highest BCUT2D eigenvalue weighted by Gasteiger charge is 2.22. The summed E-state index contributed by atoms with van der Waals surface area (Å²) < 4.78 is 0. The molecule has 106 valence electrons. The van der Waals surface area contributed by atoms with E-state index >= 15 is 0 Å². The van der Waals surface area contributed by atoms with Gasteiger partial charge in [-0.25, -0.2) is 4.98 Å². The molecule has 0 amide bonds. The van der Waals surface area contributed by atoms with Gasteiger partial charge in [0.25, 0.3) is 0 Å². The Balaban J connectivity index is 2.00. The summed E-state index contributed by atoms with van der Waals surface area (Å²) >= 11 is 1.82. The van der Waals surface area contributed by atoms with Gasteiger partial charge in [-0.2, -0.15) is 0 Å². The normalized spacial score (nSPS) is 24.3. The number of nitrogens with one attached hydrogen (secondary N) is 1. The van der Waals surface area contributed by atoms with Gasteiger partial charge in [-0.05, 0) is 20.3 Å². The average Bonchev–Trinajstić information content (AvgIpc) is 2.95. The first-order chi connectivity index (χ1) is 9.01. The van der Waals surface area contributed by atoms with Crippen molar-refractivity contribution < 1.29 is 5.11 Å². The quantitative estimate of drug-likeness (QED) is 0.814. The van der Waals surface area contributed by atoms with Crippen LogP contribution in [-0.4, -0.2) is 22.7 Å². The van der Waals surface area contributed by atoms with Gasteiger partial charge in [0.2, 0.25) is 0 Å². The molecule has 1 aliphatic carbocycles. The van der Waals surface area contributed by atoms with Crippen molar-refractivity contribution in [2.24, 2.45) is 5.92 Å². The standard InChI is InChI=1S/C15H24N2OS/c1-9(2)15-17-11(4)14(19-15)10(3)16-13-6-5-12(7-13)8-18/h5-6,9-10,12-13,16,18H,7-8H2,1-4H3/t10-,12-,13+/m0/s1. The molecule has 1 aromatic rings. The van der Waals surface area contributed by atoms with E-state index in [-0.39, 0.29) is 6.61 Å². The Morgan fingerprint density at radius 2 is 2.16 bits per heavy atom. The SMILES string of the molecule is Cc1nc(C(C)C)sc1[C@H](C)N[C@@H]1C=C[C@H](CO)C1. The minimum absolute atomic E-state index is 0.250. The van der Waals surface area contributed by atoms with Crippen molar-refractivity contribution in [3.8, 4) is 0 Å². The smallest absolute Gasteiger partial charge is 0.0956 e. The molecule has 0 fully saturated rings. The highest BCUT2D eigenvalue weighted by atomic mass is 32.1. The number of aliphatic hydroxyl groups excluding tert-OH is 1. The third-order valence-electron chi connectivity index (χ3n) is 3.61. The number of aryl methyl sites for hydroxylation is 1. The van der Waals surface area contributed by atoms with Crippen molar-refractivity contribution in [1.82, 2.24) is 10.3 Å². The number of aromatic nitrogens is 1. The summed E-state index contributed by atoms with van der Waals surface area (Å²) in [5.41, 5.74) is 1.15. The molecule has 2 rings (SSSR count). The van der Waals surface area contributed by atoms with Crippen LogP contribution >= 0.6 is 11.3 Å². The van der Waals surface area contributed by atoms with Gasteiger partial charge in [-0.1, -0.05) is 26.0 Å². The molecule has 0 radical (unpaired) electrons. The number of thiazole rings is 1. The summed E-state index contributed by atoms with van der Waals surface area (Å²) in [7, 11) is 0. The Morgan fingerprint density at radius 3 is 2.68 bits per heavy atom. The molecule has 4 heteroatoms. The van der Waals surface area contributed by atoms with Gasteiger partial charge >= 0.3 is 0 Å². The zero-order chi connectivity index (χ0) is 14.0. The molecule has 0 saturated heterocycles. The van der Waals surface area contributed by atoms with Crippen LogP contribution in [0.15, 0.2) is 12.2 Å². The van der Waals surface area contributed by atoms with Gasteiger partial charge in [-0.3, -0.25) is 0 Å². The van der Waals surface area contributed by atoms with Gasteiger partial charge < -0.3 is 10.4 Å². The number of nitrogens with zero attached hydrogens (tertiary/aromatic N) is 1. The predicted octanol–water partition coefficient (Wildman–Crippen LogP) is 3.16. The fourth-order valence-corrected chi connectivity index (χ4v) is 3.59. The maximum absolute atomic E-state index is 9.16. The van der Waals surface area contributed by atoms with Crippen LogP contribution in [0, 0.1) is 12.8 Å². The maximum atomic E-state index is 9.16. The predicted molar refractivity (Wildman–Crippen MR) is 80.6 cm³/mol. The summed E-state index contributed by atoms with van der Waals surface area (Å²) in [6.07, 6.45) is 5.29. The van der Waals surface area contributed by atoms with Crippen molar-refractivity contribution in [2.75, 3.05) is 6.61 Å². The molecular formula is C15H24N2OS. The van der Waals surface area contributed by atoms with Crippen LogP contribution < -0.4 is 5.32 Å². The van der Waals surface area contributed by atoms with Gasteiger partial charge in [-0.15, -0.1) is 11.3 Å². The van der Waals surface area contributed by atoms with E-state index in [0.29, 0.717) is 23.9 Å². The van der Waals surface area contributed by atoms with Crippen molar-refractivity contribution in [3.05, 3.63) is 27.7 Å². The van der Waals surface area contributed by atoms with Gasteiger partial charge in [0.1, 0.15) is 0 Å². The third-order valence-corrected chi connectivity index (χ3v) is 5.25. The van der Waals surface area contributed by atoms with Gasteiger partial charge in [0.05, 0.1) is 10.7 Å². The zero-order valence-electron chi connectivity index (χ0n) is 12.2. The number of rotatable bonds is 5. The van der Waals surface area contributed by atoms with Crippen LogP contribution in [0.4, 0.5) is 0 Å². The molecule has 1 aliphatic rings. The first kappa shape index (κ1) is 14.7. The van der Waals surface area contributed by atoms with Crippen LogP contribution in [0.3, 0.4) is 0 Å². The highest BCUT2D eigenvalue weighted by Crippen LogP contribution is 2.30. The molecule has 1 aromatic heterocycles. The minimum atomic E-state index is 0.250. The van der Waals surface area contributed by atoms with Crippen LogP contribution in [0.2, 0.25) is 0 Å². The number of hydrogen-bond acceptors (Lipinski definition) is 4. The molecule has 0 aromatic carbocycles. The van der Waals surface area contributed by atoms with E-state index in [1.807, 2.05) is 11.3 Å². The molecule has 3 atom stereocenters. The van der Waals surface area contributed by atoms with E-state index < -0.39 is 0 Å². The molecular weight excluding hydrogens is 256 g/mol. The maximum Gasteiger partial charge on any atom is 0.0956 e. The van der Waals surface area contributed by atoms with E-state index in [0.717, 1.165) is 12.1 Å². The van der Waals surface area contributed by atoms with Crippen molar-refractivity contribution in [1.29, 1.82) is 0 Å². The van der Waals surface area contributed by atoms with Crippen molar-refractivity contribution in [3.63, 3.8) is 0 Å².